The van der Waals surface area contributed by atoms with Gasteiger partial charge in [-0.15, -0.1) is 0 Å². The fourth-order valence-electron chi connectivity index (χ4n) is 3.06. The summed E-state index contributed by atoms with van der Waals surface area (Å²) in [4.78, 5) is 0. The Labute approximate surface area is 116 Å². The van der Waals surface area contributed by atoms with Gasteiger partial charge in [0, 0.05) is 6.42 Å². The number of hydrogen-bond acceptors (Lipinski definition) is 2. The molecule has 1 aliphatic carbocycles. The molecule has 0 saturated heterocycles. The number of hydrogen-bond donors (Lipinski definition) is 1. The van der Waals surface area contributed by atoms with Crippen LogP contribution in [0, 0.1) is 5.41 Å². The van der Waals surface area contributed by atoms with Gasteiger partial charge in [0.25, 0.3) is 0 Å². The van der Waals surface area contributed by atoms with Crippen LogP contribution < -0.4 is 4.74 Å². The monoisotopic (exact) mass is 262 g/mol. The number of ether oxygens (including phenoxy) is 1. The molecule has 1 unspecified atom stereocenters. The molecule has 0 amide bonds. The first-order chi connectivity index (χ1) is 8.92. The lowest BCUT2D eigenvalue weighted by Crippen LogP contribution is -2.31. The third-order valence-corrected chi connectivity index (χ3v) is 4.43. The van der Waals surface area contributed by atoms with Crippen LogP contribution in [0.3, 0.4) is 0 Å². The fourth-order valence-corrected chi connectivity index (χ4v) is 3.06. The first-order valence-corrected chi connectivity index (χ1v) is 7.28. The van der Waals surface area contributed by atoms with Crippen LogP contribution in [0.1, 0.15) is 51.5 Å². The van der Waals surface area contributed by atoms with Gasteiger partial charge in [0.2, 0.25) is 0 Å². The van der Waals surface area contributed by atoms with Crippen molar-refractivity contribution < 1.29 is 9.84 Å². The van der Waals surface area contributed by atoms with Crippen LogP contribution in [0.5, 0.6) is 5.75 Å². The van der Waals surface area contributed by atoms with Gasteiger partial charge in [-0.2, -0.15) is 0 Å². The molecule has 1 aromatic rings. The minimum atomic E-state index is -0.542. The van der Waals surface area contributed by atoms with Gasteiger partial charge in [-0.05, 0) is 48.8 Å². The van der Waals surface area contributed by atoms with Crippen molar-refractivity contribution in [3.05, 3.63) is 29.8 Å². The summed E-state index contributed by atoms with van der Waals surface area (Å²) in [5, 5.41) is 10.9. The molecule has 0 radical (unpaired) electrons. The molecule has 19 heavy (non-hydrogen) atoms. The second-order valence-corrected chi connectivity index (χ2v) is 6.77. The highest BCUT2D eigenvalue weighted by Crippen LogP contribution is 2.39. The van der Waals surface area contributed by atoms with Gasteiger partial charge in [-0.1, -0.05) is 32.4 Å². The maximum atomic E-state index is 10.9. The third-order valence-electron chi connectivity index (χ3n) is 4.43. The average Bonchev–Trinajstić information content (AvgIpc) is 2.49. The van der Waals surface area contributed by atoms with E-state index in [4.69, 9.17) is 4.74 Å². The summed E-state index contributed by atoms with van der Waals surface area (Å²) in [6, 6.07) is 8.06. The Hall–Kier alpha value is -1.02. The molecule has 1 N–H and O–H groups in total. The quantitative estimate of drug-likeness (QED) is 0.835. The van der Waals surface area contributed by atoms with Crippen LogP contribution in [0.25, 0.3) is 0 Å². The summed E-state index contributed by atoms with van der Waals surface area (Å²) >= 11 is 0. The van der Waals surface area contributed by atoms with Gasteiger partial charge in [-0.3, -0.25) is 0 Å². The molecule has 0 bridgehead atoms. The Morgan fingerprint density at radius 2 is 1.95 bits per heavy atom. The van der Waals surface area contributed by atoms with Gasteiger partial charge in [0.15, 0.2) is 0 Å². The summed E-state index contributed by atoms with van der Waals surface area (Å²) in [7, 11) is 1.68. The number of benzene rings is 1. The Balaban J connectivity index is 2.08. The molecule has 106 valence electrons. The van der Waals surface area contributed by atoms with E-state index in [-0.39, 0.29) is 0 Å². The van der Waals surface area contributed by atoms with E-state index < -0.39 is 5.60 Å². The molecular weight excluding hydrogens is 236 g/mol. The van der Waals surface area contributed by atoms with Crippen molar-refractivity contribution in [2.75, 3.05) is 7.11 Å². The highest BCUT2D eigenvalue weighted by Gasteiger charge is 2.33. The van der Waals surface area contributed by atoms with E-state index >= 15 is 0 Å². The first-order valence-electron chi connectivity index (χ1n) is 7.28. The molecular formula is C17H26O2. The van der Waals surface area contributed by atoms with E-state index in [1.165, 1.54) is 12.0 Å². The Morgan fingerprint density at radius 1 is 1.16 bits per heavy atom. The van der Waals surface area contributed by atoms with Crippen molar-refractivity contribution in [3.8, 4) is 5.75 Å². The molecule has 0 aromatic heterocycles. The minimum Gasteiger partial charge on any atom is -0.497 e. The molecule has 1 aliphatic rings. The Morgan fingerprint density at radius 3 is 2.68 bits per heavy atom. The van der Waals surface area contributed by atoms with E-state index in [0.717, 1.165) is 37.9 Å². The normalized spacial score (nSPS) is 26.7. The van der Waals surface area contributed by atoms with E-state index in [2.05, 4.69) is 19.9 Å². The predicted octanol–water partition coefficient (Wildman–Crippen LogP) is 3.96. The van der Waals surface area contributed by atoms with Crippen molar-refractivity contribution in [2.45, 2.75) is 58.0 Å². The molecule has 1 saturated carbocycles. The van der Waals surface area contributed by atoms with Crippen molar-refractivity contribution in [1.82, 2.24) is 0 Å². The molecule has 2 rings (SSSR count). The van der Waals surface area contributed by atoms with Crippen molar-refractivity contribution >= 4 is 0 Å². The van der Waals surface area contributed by atoms with Crippen LogP contribution in [0.2, 0.25) is 0 Å². The highest BCUT2D eigenvalue weighted by atomic mass is 16.5. The second-order valence-electron chi connectivity index (χ2n) is 6.77. The summed E-state index contributed by atoms with van der Waals surface area (Å²) in [6.45, 7) is 4.62. The highest BCUT2D eigenvalue weighted by molar-refractivity contribution is 5.29. The van der Waals surface area contributed by atoms with Crippen LogP contribution in [-0.4, -0.2) is 17.8 Å². The SMILES string of the molecule is COc1cccc(CC2(O)CCCC(C)(C)CC2)c1. The number of aliphatic hydroxyl groups is 1. The van der Waals surface area contributed by atoms with Crippen molar-refractivity contribution in [2.24, 2.45) is 5.41 Å². The molecule has 2 heteroatoms. The standard InChI is InChI=1S/C17H26O2/c1-16(2)8-5-9-17(18,11-10-16)13-14-6-4-7-15(12-14)19-3/h4,6-7,12,18H,5,8-11,13H2,1-3H3. The zero-order valence-corrected chi connectivity index (χ0v) is 12.4. The van der Waals surface area contributed by atoms with Gasteiger partial charge < -0.3 is 9.84 Å². The average molecular weight is 262 g/mol. The van der Waals surface area contributed by atoms with Crippen LogP contribution in [0.4, 0.5) is 0 Å². The fraction of sp³-hybridized carbons (Fsp3) is 0.647. The molecule has 2 nitrogen and oxygen atoms in total. The van der Waals surface area contributed by atoms with Crippen molar-refractivity contribution in [3.63, 3.8) is 0 Å². The smallest absolute Gasteiger partial charge is 0.119 e. The van der Waals surface area contributed by atoms with E-state index in [1.807, 2.05) is 18.2 Å². The maximum Gasteiger partial charge on any atom is 0.119 e. The molecule has 1 aromatic carbocycles. The lowest BCUT2D eigenvalue weighted by Gasteiger charge is -2.28. The first kappa shape index (κ1) is 14.4. The number of rotatable bonds is 3. The molecule has 0 heterocycles. The summed E-state index contributed by atoms with van der Waals surface area (Å²) in [6.07, 6.45) is 5.99. The minimum absolute atomic E-state index is 0.374. The third kappa shape index (κ3) is 3.97. The number of methoxy groups -OCH3 is 1. The van der Waals surface area contributed by atoms with Crippen LogP contribution in [-0.2, 0) is 6.42 Å². The Kier molecular flexibility index (Phi) is 4.19. The van der Waals surface area contributed by atoms with E-state index in [9.17, 15) is 5.11 Å². The summed E-state index contributed by atoms with van der Waals surface area (Å²) in [5.74, 6) is 0.870. The maximum absolute atomic E-state index is 10.9. The van der Waals surface area contributed by atoms with Gasteiger partial charge in [0.1, 0.15) is 5.75 Å². The largest absolute Gasteiger partial charge is 0.497 e. The molecule has 0 aliphatic heterocycles. The summed E-state index contributed by atoms with van der Waals surface area (Å²) < 4.78 is 5.25. The zero-order chi connectivity index (χ0) is 13.9. The predicted molar refractivity (Wildman–Crippen MR) is 78.5 cm³/mol. The van der Waals surface area contributed by atoms with Crippen LogP contribution in [0.15, 0.2) is 24.3 Å². The lowest BCUT2D eigenvalue weighted by atomic mass is 9.83. The second kappa shape index (κ2) is 5.54. The van der Waals surface area contributed by atoms with E-state index in [1.54, 1.807) is 7.11 Å². The van der Waals surface area contributed by atoms with Crippen molar-refractivity contribution in [1.29, 1.82) is 0 Å². The zero-order valence-electron chi connectivity index (χ0n) is 12.4. The molecule has 1 fully saturated rings. The van der Waals surface area contributed by atoms with Gasteiger partial charge in [0.05, 0.1) is 12.7 Å². The molecule has 1 atom stereocenters. The topological polar surface area (TPSA) is 29.5 Å². The van der Waals surface area contributed by atoms with Crippen LogP contribution >= 0.6 is 0 Å². The van der Waals surface area contributed by atoms with Gasteiger partial charge >= 0.3 is 0 Å². The molecule has 0 spiro atoms. The van der Waals surface area contributed by atoms with E-state index in [0.29, 0.717) is 5.41 Å². The Bertz CT molecular complexity index is 425. The van der Waals surface area contributed by atoms with Gasteiger partial charge in [-0.25, -0.2) is 0 Å². The summed E-state index contributed by atoms with van der Waals surface area (Å²) in [5.41, 5.74) is 1.00. The lowest BCUT2D eigenvalue weighted by molar-refractivity contribution is 0.0226.